The lowest BCUT2D eigenvalue weighted by Gasteiger charge is -2.00. The number of aryl methyl sites for hydroxylation is 1. The third kappa shape index (κ3) is 1.79. The van der Waals surface area contributed by atoms with Gasteiger partial charge in [-0.1, -0.05) is 6.07 Å². The Morgan fingerprint density at radius 3 is 2.75 bits per heavy atom. The summed E-state index contributed by atoms with van der Waals surface area (Å²) in [4.78, 5) is 4.21. The molecule has 5 nitrogen and oxygen atoms in total. The average molecular weight is 215 g/mol. The van der Waals surface area contributed by atoms with Gasteiger partial charge in [-0.05, 0) is 25.1 Å². The first-order valence-corrected chi connectivity index (χ1v) is 5.06. The first kappa shape index (κ1) is 10.4. The molecule has 0 aromatic carbocycles. The van der Waals surface area contributed by atoms with Crippen LogP contribution in [0.3, 0.4) is 0 Å². The summed E-state index contributed by atoms with van der Waals surface area (Å²) in [5.41, 5.74) is 7.64. The first-order valence-electron chi connectivity index (χ1n) is 5.06. The van der Waals surface area contributed by atoms with E-state index in [0.29, 0.717) is 12.2 Å². The minimum absolute atomic E-state index is 0.0246. The van der Waals surface area contributed by atoms with Crippen LogP contribution in [0.15, 0.2) is 30.5 Å². The van der Waals surface area contributed by atoms with Gasteiger partial charge in [0, 0.05) is 12.7 Å². The van der Waals surface area contributed by atoms with E-state index in [2.05, 4.69) is 10.1 Å². The molecule has 2 aromatic rings. The van der Waals surface area contributed by atoms with E-state index in [1.807, 2.05) is 25.1 Å². The Bertz CT molecular complexity index is 500. The van der Waals surface area contributed by atoms with Crippen LogP contribution in [0.25, 0.3) is 11.4 Å². The number of nitrogens with zero attached hydrogens (tertiary/aromatic N) is 3. The molecule has 0 atom stereocenters. The number of hydrogen-bond donors (Lipinski definition) is 2. The molecule has 0 fully saturated rings. The summed E-state index contributed by atoms with van der Waals surface area (Å²) in [6.07, 6.45) is 1.72. The quantitative estimate of drug-likeness (QED) is 0.597. The second-order valence-corrected chi connectivity index (χ2v) is 3.36. The van der Waals surface area contributed by atoms with E-state index in [4.69, 9.17) is 11.1 Å². The maximum absolute atomic E-state index is 7.45. The number of nitrogens with two attached hydrogens (primary N) is 1. The maximum atomic E-state index is 7.45. The van der Waals surface area contributed by atoms with Gasteiger partial charge >= 0.3 is 0 Å². The topological polar surface area (TPSA) is 80.6 Å². The van der Waals surface area contributed by atoms with E-state index in [9.17, 15) is 0 Å². The molecule has 5 heteroatoms. The van der Waals surface area contributed by atoms with Crippen molar-refractivity contribution < 1.29 is 0 Å². The van der Waals surface area contributed by atoms with Gasteiger partial charge in [0.1, 0.15) is 17.2 Å². The highest BCUT2D eigenvalue weighted by atomic mass is 15.3. The van der Waals surface area contributed by atoms with Crippen LogP contribution in [0.4, 0.5) is 0 Å². The monoisotopic (exact) mass is 215 g/mol. The van der Waals surface area contributed by atoms with E-state index in [1.54, 1.807) is 16.9 Å². The van der Waals surface area contributed by atoms with E-state index in [0.717, 1.165) is 11.4 Å². The number of nitrogen functional groups attached to an aromatic ring is 1. The second-order valence-electron chi connectivity index (χ2n) is 3.36. The Morgan fingerprint density at radius 2 is 2.25 bits per heavy atom. The zero-order valence-electron chi connectivity index (χ0n) is 9.01. The molecule has 0 aliphatic rings. The molecule has 0 amide bonds. The van der Waals surface area contributed by atoms with Crippen molar-refractivity contribution in [2.75, 3.05) is 0 Å². The van der Waals surface area contributed by atoms with E-state index in [1.165, 1.54) is 0 Å². The van der Waals surface area contributed by atoms with Crippen LogP contribution in [-0.2, 0) is 6.54 Å². The highest BCUT2D eigenvalue weighted by Crippen LogP contribution is 2.16. The zero-order chi connectivity index (χ0) is 11.5. The van der Waals surface area contributed by atoms with Crippen LogP contribution in [-0.4, -0.2) is 20.6 Å². The van der Waals surface area contributed by atoms with E-state index >= 15 is 0 Å². The molecule has 2 rings (SSSR count). The van der Waals surface area contributed by atoms with Crippen molar-refractivity contribution in [3.63, 3.8) is 0 Å². The van der Waals surface area contributed by atoms with Crippen LogP contribution in [0.1, 0.15) is 12.6 Å². The van der Waals surface area contributed by atoms with Crippen LogP contribution in [0.5, 0.6) is 0 Å². The smallest absolute Gasteiger partial charge is 0.141 e. The van der Waals surface area contributed by atoms with Crippen molar-refractivity contribution in [2.24, 2.45) is 5.73 Å². The van der Waals surface area contributed by atoms with Gasteiger partial charge in [0.05, 0.1) is 5.69 Å². The molecule has 0 spiro atoms. The first-order chi connectivity index (χ1) is 7.72. The summed E-state index contributed by atoms with van der Waals surface area (Å²) in [6.45, 7) is 2.64. The molecule has 0 aliphatic carbocycles. The van der Waals surface area contributed by atoms with Gasteiger partial charge in [-0.3, -0.25) is 15.1 Å². The Hall–Kier alpha value is -2.17. The molecule has 0 saturated carbocycles. The largest absolute Gasteiger partial charge is 0.382 e. The second kappa shape index (κ2) is 4.14. The zero-order valence-corrected chi connectivity index (χ0v) is 9.01. The fourth-order valence-corrected chi connectivity index (χ4v) is 1.51. The lowest BCUT2D eigenvalue weighted by atomic mass is 10.2. The van der Waals surface area contributed by atoms with E-state index in [-0.39, 0.29) is 5.84 Å². The minimum atomic E-state index is 0.0246. The van der Waals surface area contributed by atoms with Gasteiger partial charge in [0.25, 0.3) is 0 Å². The summed E-state index contributed by atoms with van der Waals surface area (Å²) in [5.74, 6) is 0.0246. The van der Waals surface area contributed by atoms with Gasteiger partial charge in [-0.15, -0.1) is 0 Å². The van der Waals surface area contributed by atoms with Crippen molar-refractivity contribution in [1.29, 1.82) is 5.41 Å². The molecule has 0 bridgehead atoms. The highest BCUT2D eigenvalue weighted by Gasteiger charge is 2.10. The molecule has 2 heterocycles. The van der Waals surface area contributed by atoms with Crippen molar-refractivity contribution >= 4 is 5.84 Å². The summed E-state index contributed by atoms with van der Waals surface area (Å²) in [6, 6.07) is 7.42. The standard InChI is InChI=1S/C11H13N5/c1-2-16-10(11(12)13)7-9(15-16)8-5-3-4-6-14-8/h3-7H,2H2,1H3,(H3,12,13). The normalized spacial score (nSPS) is 10.3. The average Bonchev–Trinajstić information content (AvgIpc) is 2.74. The van der Waals surface area contributed by atoms with Gasteiger partial charge < -0.3 is 5.73 Å². The maximum Gasteiger partial charge on any atom is 0.141 e. The lowest BCUT2D eigenvalue weighted by molar-refractivity contribution is 0.655. The Morgan fingerprint density at radius 1 is 1.44 bits per heavy atom. The van der Waals surface area contributed by atoms with E-state index < -0.39 is 0 Å². The fraction of sp³-hybridized carbons (Fsp3) is 0.182. The van der Waals surface area contributed by atoms with Crippen LogP contribution in [0.2, 0.25) is 0 Å². The third-order valence-corrected chi connectivity index (χ3v) is 2.28. The number of pyridine rings is 1. The SMILES string of the molecule is CCn1nc(-c2ccccn2)cc1C(=N)N. The minimum Gasteiger partial charge on any atom is -0.382 e. The molecular formula is C11H13N5. The summed E-state index contributed by atoms with van der Waals surface area (Å²) in [5, 5.41) is 11.8. The van der Waals surface area contributed by atoms with Crippen molar-refractivity contribution in [3.8, 4) is 11.4 Å². The predicted molar refractivity (Wildman–Crippen MR) is 62.1 cm³/mol. The number of nitrogens with one attached hydrogen (secondary N) is 1. The van der Waals surface area contributed by atoms with Gasteiger partial charge in [0.15, 0.2) is 0 Å². The lowest BCUT2D eigenvalue weighted by Crippen LogP contribution is -2.16. The van der Waals surface area contributed by atoms with Crippen molar-refractivity contribution in [3.05, 3.63) is 36.2 Å². The predicted octanol–water partition coefficient (Wildman–Crippen LogP) is 1.25. The fourth-order valence-electron chi connectivity index (χ4n) is 1.51. The molecular weight excluding hydrogens is 202 g/mol. The molecule has 0 radical (unpaired) electrons. The number of amidine groups is 1. The summed E-state index contributed by atoms with van der Waals surface area (Å²) < 4.78 is 1.70. The van der Waals surface area contributed by atoms with Gasteiger partial charge in [-0.25, -0.2) is 0 Å². The van der Waals surface area contributed by atoms with Crippen LogP contribution in [0, 0.1) is 5.41 Å². The molecule has 0 aliphatic heterocycles. The highest BCUT2D eigenvalue weighted by molar-refractivity contribution is 5.94. The number of rotatable bonds is 3. The Kier molecular flexibility index (Phi) is 2.68. The summed E-state index contributed by atoms with van der Waals surface area (Å²) >= 11 is 0. The molecule has 2 aromatic heterocycles. The van der Waals surface area contributed by atoms with Gasteiger partial charge in [0.2, 0.25) is 0 Å². The van der Waals surface area contributed by atoms with Crippen molar-refractivity contribution in [2.45, 2.75) is 13.5 Å². The molecule has 3 N–H and O–H groups in total. The number of aromatic nitrogens is 3. The van der Waals surface area contributed by atoms with Crippen LogP contribution >= 0.6 is 0 Å². The van der Waals surface area contributed by atoms with Crippen LogP contribution < -0.4 is 5.73 Å². The molecule has 0 saturated heterocycles. The number of hydrogen-bond acceptors (Lipinski definition) is 3. The third-order valence-electron chi connectivity index (χ3n) is 2.28. The molecule has 0 unspecified atom stereocenters. The van der Waals surface area contributed by atoms with Crippen molar-refractivity contribution in [1.82, 2.24) is 14.8 Å². The summed E-state index contributed by atoms with van der Waals surface area (Å²) in [7, 11) is 0. The Balaban J connectivity index is 2.48. The van der Waals surface area contributed by atoms with Gasteiger partial charge in [-0.2, -0.15) is 5.10 Å². The molecule has 82 valence electrons. The molecule has 16 heavy (non-hydrogen) atoms. The Labute approximate surface area is 93.4 Å².